The zero-order valence-corrected chi connectivity index (χ0v) is 23.7. The summed E-state index contributed by atoms with van der Waals surface area (Å²) in [5, 5.41) is 8.05. The van der Waals surface area contributed by atoms with Gasteiger partial charge in [0.15, 0.2) is 5.65 Å². The van der Waals surface area contributed by atoms with Crippen LogP contribution in [0, 0.1) is 11.7 Å². The first-order valence-corrected chi connectivity index (χ1v) is 14.5. The lowest BCUT2D eigenvalue weighted by molar-refractivity contribution is -0.125. The highest BCUT2D eigenvalue weighted by molar-refractivity contribution is 5.79. The summed E-state index contributed by atoms with van der Waals surface area (Å²) in [5.74, 6) is 1.71. The van der Waals surface area contributed by atoms with E-state index in [2.05, 4.69) is 25.0 Å². The molecule has 6 rings (SSSR count). The molecule has 10 heteroatoms. The number of carbonyl (C=O) groups excluding carboxylic acids is 1. The molecule has 3 aromatic heterocycles. The quantitative estimate of drug-likeness (QED) is 0.349. The van der Waals surface area contributed by atoms with Gasteiger partial charge in [0.25, 0.3) is 0 Å². The predicted octanol–water partition coefficient (Wildman–Crippen LogP) is 4.17. The Balaban J connectivity index is 1.18. The number of imidazole rings is 1. The van der Waals surface area contributed by atoms with Gasteiger partial charge < -0.3 is 20.0 Å². The molecule has 214 valence electrons. The standard InChI is InChI=1S/C31H37FN8O/c1-37(2)19-15-33-31(41)22-13-17-38(18-14-22)29-10-4-8-25(35-29)27-21-34-28-11-12-30(36-40(27)28)39-16-5-9-26(39)23-6-3-7-24(32)20-23/h3-4,6-8,10-12,20-22,26H,5,9,13-19H2,1-2H3,(H,33,41). The average molecular weight is 557 g/mol. The largest absolute Gasteiger partial charge is 0.357 e. The molecule has 0 radical (unpaired) electrons. The van der Waals surface area contributed by atoms with Crippen molar-refractivity contribution in [3.63, 3.8) is 0 Å². The Kier molecular flexibility index (Phi) is 7.82. The number of aromatic nitrogens is 4. The van der Waals surface area contributed by atoms with Crippen molar-refractivity contribution < 1.29 is 9.18 Å². The first kappa shape index (κ1) is 27.1. The van der Waals surface area contributed by atoms with E-state index < -0.39 is 0 Å². The van der Waals surface area contributed by atoms with Crippen LogP contribution in [0.3, 0.4) is 0 Å². The highest BCUT2D eigenvalue weighted by Gasteiger charge is 2.28. The number of benzene rings is 1. The molecule has 2 aliphatic rings. The van der Waals surface area contributed by atoms with Crippen molar-refractivity contribution in [2.45, 2.75) is 31.7 Å². The summed E-state index contributed by atoms with van der Waals surface area (Å²) in [5.41, 5.74) is 3.34. The number of nitrogens with zero attached hydrogens (tertiary/aromatic N) is 7. The van der Waals surface area contributed by atoms with E-state index in [0.29, 0.717) is 6.54 Å². The molecule has 1 aromatic carbocycles. The van der Waals surface area contributed by atoms with Crippen molar-refractivity contribution in [1.82, 2.24) is 29.8 Å². The maximum absolute atomic E-state index is 14.0. The first-order valence-electron chi connectivity index (χ1n) is 14.5. The Morgan fingerprint density at radius 2 is 1.85 bits per heavy atom. The second kappa shape index (κ2) is 11.8. The lowest BCUT2D eigenvalue weighted by Crippen LogP contribution is -2.42. The van der Waals surface area contributed by atoms with Crippen LogP contribution in [0.4, 0.5) is 16.0 Å². The molecule has 4 aromatic rings. The number of hydrogen-bond acceptors (Lipinski definition) is 7. The van der Waals surface area contributed by atoms with Crippen LogP contribution >= 0.6 is 0 Å². The maximum Gasteiger partial charge on any atom is 0.223 e. The molecule has 1 atom stereocenters. The maximum atomic E-state index is 14.0. The number of likely N-dealkylation sites (N-methyl/N-ethyl adjacent to an activating group) is 1. The summed E-state index contributed by atoms with van der Waals surface area (Å²) in [6, 6.07) is 17.0. The third-order valence-electron chi connectivity index (χ3n) is 8.17. The normalized spacial score (nSPS) is 18.0. The fourth-order valence-electron chi connectivity index (χ4n) is 5.95. The number of halogens is 1. The molecule has 9 nitrogen and oxygen atoms in total. The van der Waals surface area contributed by atoms with Crippen molar-refractivity contribution >= 4 is 23.2 Å². The van der Waals surface area contributed by atoms with E-state index in [1.165, 1.54) is 6.07 Å². The third kappa shape index (κ3) is 5.88. The summed E-state index contributed by atoms with van der Waals surface area (Å²) in [6.07, 6.45) is 5.41. The van der Waals surface area contributed by atoms with E-state index in [1.807, 2.05) is 61.2 Å². The van der Waals surface area contributed by atoms with E-state index in [4.69, 9.17) is 10.1 Å². The van der Waals surface area contributed by atoms with Crippen molar-refractivity contribution in [2.24, 2.45) is 5.92 Å². The van der Waals surface area contributed by atoms with E-state index in [9.17, 15) is 9.18 Å². The Hall–Kier alpha value is -4.05. The lowest BCUT2D eigenvalue weighted by Gasteiger charge is -2.32. The van der Waals surface area contributed by atoms with Gasteiger partial charge in [0.1, 0.15) is 23.1 Å². The van der Waals surface area contributed by atoms with E-state index in [0.717, 1.165) is 86.1 Å². The highest BCUT2D eigenvalue weighted by atomic mass is 19.1. The monoisotopic (exact) mass is 556 g/mol. The number of pyridine rings is 1. The van der Waals surface area contributed by atoms with Crippen LogP contribution in [0.25, 0.3) is 17.0 Å². The van der Waals surface area contributed by atoms with Gasteiger partial charge in [-0.05, 0) is 81.7 Å². The molecule has 0 spiro atoms. The number of piperidine rings is 1. The molecule has 2 fully saturated rings. The number of carbonyl (C=O) groups is 1. The van der Waals surface area contributed by atoms with E-state index >= 15 is 0 Å². The second-order valence-corrected chi connectivity index (χ2v) is 11.2. The van der Waals surface area contributed by atoms with Gasteiger partial charge in [-0.3, -0.25) is 4.79 Å². The number of rotatable bonds is 8. The van der Waals surface area contributed by atoms with Crippen LogP contribution in [0.1, 0.15) is 37.3 Å². The topological polar surface area (TPSA) is 81.9 Å². The molecule has 0 aliphatic carbocycles. The molecule has 41 heavy (non-hydrogen) atoms. The minimum atomic E-state index is -0.215. The van der Waals surface area contributed by atoms with Crippen LogP contribution < -0.4 is 15.1 Å². The fraction of sp³-hybridized carbons (Fsp3) is 0.419. The highest BCUT2D eigenvalue weighted by Crippen LogP contribution is 2.36. The number of hydrogen-bond donors (Lipinski definition) is 1. The molecule has 2 saturated heterocycles. The SMILES string of the molecule is CN(C)CCNC(=O)C1CCN(c2cccc(-c3cnc4ccc(N5CCCC5c5cccc(F)c5)nn34)n2)CC1. The number of amides is 1. The van der Waals surface area contributed by atoms with Gasteiger partial charge >= 0.3 is 0 Å². The smallest absolute Gasteiger partial charge is 0.223 e. The summed E-state index contributed by atoms with van der Waals surface area (Å²) in [4.78, 5) is 28.7. The Morgan fingerprint density at radius 1 is 1.02 bits per heavy atom. The van der Waals surface area contributed by atoms with E-state index in [-0.39, 0.29) is 23.7 Å². The Labute approximate surface area is 240 Å². The molecule has 1 N–H and O–H groups in total. The second-order valence-electron chi connectivity index (χ2n) is 11.2. The summed E-state index contributed by atoms with van der Waals surface area (Å²) in [6.45, 7) is 3.95. The zero-order valence-electron chi connectivity index (χ0n) is 23.7. The molecule has 0 bridgehead atoms. The molecular formula is C31H37FN8O. The zero-order chi connectivity index (χ0) is 28.3. The van der Waals surface area contributed by atoms with Crippen LogP contribution in [0.2, 0.25) is 0 Å². The van der Waals surface area contributed by atoms with Crippen LogP contribution in [-0.4, -0.2) is 77.2 Å². The Morgan fingerprint density at radius 3 is 2.66 bits per heavy atom. The summed E-state index contributed by atoms with van der Waals surface area (Å²) < 4.78 is 15.8. The number of fused-ring (bicyclic) bond motifs is 1. The average Bonchev–Trinajstić information content (AvgIpc) is 3.64. The summed E-state index contributed by atoms with van der Waals surface area (Å²) >= 11 is 0. The lowest BCUT2D eigenvalue weighted by atomic mass is 9.96. The van der Waals surface area contributed by atoms with Gasteiger partial charge in [0, 0.05) is 38.6 Å². The molecule has 2 aliphatic heterocycles. The molecule has 1 unspecified atom stereocenters. The number of anilines is 2. The summed E-state index contributed by atoms with van der Waals surface area (Å²) in [7, 11) is 4.01. The van der Waals surface area contributed by atoms with Crippen LogP contribution in [-0.2, 0) is 4.79 Å². The number of nitrogens with one attached hydrogen (secondary N) is 1. The van der Waals surface area contributed by atoms with Gasteiger partial charge in [-0.2, -0.15) is 0 Å². The van der Waals surface area contributed by atoms with E-state index in [1.54, 1.807) is 12.1 Å². The van der Waals surface area contributed by atoms with Gasteiger partial charge in [0.2, 0.25) is 5.91 Å². The minimum absolute atomic E-state index is 0.0415. The molecule has 0 saturated carbocycles. The van der Waals surface area contributed by atoms with Crippen molar-refractivity contribution in [3.05, 3.63) is 72.2 Å². The van der Waals surface area contributed by atoms with Gasteiger partial charge in [-0.1, -0.05) is 18.2 Å². The Bertz CT molecular complexity index is 1510. The van der Waals surface area contributed by atoms with Gasteiger partial charge in [-0.15, -0.1) is 5.10 Å². The molecule has 1 amide bonds. The van der Waals surface area contributed by atoms with Crippen LogP contribution in [0.15, 0.2) is 60.8 Å². The van der Waals surface area contributed by atoms with Gasteiger partial charge in [0.05, 0.1) is 17.9 Å². The predicted molar refractivity (Wildman–Crippen MR) is 158 cm³/mol. The third-order valence-corrected chi connectivity index (χ3v) is 8.17. The molecule has 5 heterocycles. The van der Waals surface area contributed by atoms with Crippen molar-refractivity contribution in [1.29, 1.82) is 0 Å². The minimum Gasteiger partial charge on any atom is -0.357 e. The van der Waals surface area contributed by atoms with Crippen molar-refractivity contribution in [3.8, 4) is 11.4 Å². The first-order chi connectivity index (χ1) is 20.0. The van der Waals surface area contributed by atoms with Gasteiger partial charge in [-0.25, -0.2) is 18.9 Å². The van der Waals surface area contributed by atoms with Crippen LogP contribution in [0.5, 0.6) is 0 Å². The molecular weight excluding hydrogens is 519 g/mol. The van der Waals surface area contributed by atoms with Crippen molar-refractivity contribution in [2.75, 3.05) is 56.6 Å². The fourth-order valence-corrected chi connectivity index (χ4v) is 5.95.